The maximum Gasteiger partial charge on any atom is 0.127 e. The SMILES string of the molecule is N#Cc1cnc2c(Cl)cc(N[C@@H](c3ccc(F)cc3)c3cn(C4CC4)nn3)cc2c1NCC[C@@H](F)c1ccccc1. The molecule has 0 unspecified atom stereocenters. The van der Waals surface area contributed by atoms with Crippen molar-refractivity contribution >= 4 is 33.9 Å². The summed E-state index contributed by atoms with van der Waals surface area (Å²) in [5.41, 5.74) is 4.08. The van der Waals surface area contributed by atoms with Crippen LogP contribution in [0.5, 0.6) is 0 Å². The number of anilines is 2. The van der Waals surface area contributed by atoms with Gasteiger partial charge in [0.1, 0.15) is 23.8 Å². The molecule has 7 nitrogen and oxygen atoms in total. The lowest BCUT2D eigenvalue weighted by Gasteiger charge is -2.20. The number of rotatable bonds is 10. The van der Waals surface area contributed by atoms with Crippen LogP contribution < -0.4 is 10.6 Å². The van der Waals surface area contributed by atoms with Gasteiger partial charge in [0.25, 0.3) is 0 Å². The Morgan fingerprint density at radius 1 is 1.07 bits per heavy atom. The zero-order chi connectivity index (χ0) is 28.3. The molecule has 0 aliphatic heterocycles. The third-order valence-corrected chi connectivity index (χ3v) is 7.45. The van der Waals surface area contributed by atoms with E-state index in [1.807, 2.05) is 35.1 Å². The minimum Gasteiger partial charge on any atom is -0.383 e. The molecule has 1 aliphatic rings. The molecule has 0 bridgehead atoms. The van der Waals surface area contributed by atoms with Crippen LogP contribution in [0.25, 0.3) is 10.9 Å². The molecular weight excluding hydrogens is 544 g/mol. The summed E-state index contributed by atoms with van der Waals surface area (Å²) in [4.78, 5) is 4.42. The van der Waals surface area contributed by atoms with E-state index < -0.39 is 12.2 Å². The smallest absolute Gasteiger partial charge is 0.127 e. The summed E-state index contributed by atoms with van der Waals surface area (Å²) in [6, 6.07) is 20.9. The average Bonchev–Trinajstić information content (AvgIpc) is 3.73. The van der Waals surface area contributed by atoms with Gasteiger partial charge in [-0.25, -0.2) is 13.5 Å². The Balaban J connectivity index is 1.32. The Hall–Kier alpha value is -4.55. The van der Waals surface area contributed by atoms with E-state index in [9.17, 15) is 14.0 Å². The summed E-state index contributed by atoms with van der Waals surface area (Å²) in [7, 11) is 0. The maximum absolute atomic E-state index is 14.8. The quantitative estimate of drug-likeness (QED) is 0.180. The number of hydrogen-bond acceptors (Lipinski definition) is 6. The van der Waals surface area contributed by atoms with E-state index in [4.69, 9.17) is 11.6 Å². The predicted molar refractivity (Wildman–Crippen MR) is 155 cm³/mol. The molecule has 2 N–H and O–H groups in total. The fourth-order valence-corrected chi connectivity index (χ4v) is 5.13. The van der Waals surface area contributed by atoms with Gasteiger partial charge in [-0.1, -0.05) is 59.3 Å². The molecule has 206 valence electrons. The Morgan fingerprint density at radius 3 is 2.59 bits per heavy atom. The van der Waals surface area contributed by atoms with Gasteiger partial charge in [0.15, 0.2) is 0 Å². The van der Waals surface area contributed by atoms with Gasteiger partial charge in [0.2, 0.25) is 0 Å². The largest absolute Gasteiger partial charge is 0.383 e. The van der Waals surface area contributed by atoms with Crippen molar-refractivity contribution in [3.05, 3.63) is 112 Å². The lowest BCUT2D eigenvalue weighted by Crippen LogP contribution is -2.13. The summed E-state index contributed by atoms with van der Waals surface area (Å²) in [6.07, 6.45) is 4.57. The zero-order valence-electron chi connectivity index (χ0n) is 21.9. The molecule has 0 saturated heterocycles. The first-order valence-electron chi connectivity index (χ1n) is 13.4. The number of aromatic nitrogens is 4. The normalized spacial score (nSPS) is 14.4. The topological polar surface area (TPSA) is 91.5 Å². The van der Waals surface area contributed by atoms with Crippen LogP contribution in [0.1, 0.15) is 59.9 Å². The highest BCUT2D eigenvalue weighted by atomic mass is 35.5. The number of nitriles is 1. The number of pyridine rings is 1. The second kappa shape index (κ2) is 11.5. The lowest BCUT2D eigenvalue weighted by atomic mass is 10.0. The van der Waals surface area contributed by atoms with Gasteiger partial charge in [0, 0.05) is 30.2 Å². The summed E-state index contributed by atoms with van der Waals surface area (Å²) < 4.78 is 30.4. The molecule has 6 rings (SSSR count). The van der Waals surface area contributed by atoms with Gasteiger partial charge in [-0.2, -0.15) is 5.26 Å². The second-order valence-electron chi connectivity index (χ2n) is 10.1. The molecule has 5 aromatic rings. The number of hydrogen-bond donors (Lipinski definition) is 2. The molecule has 1 aliphatic carbocycles. The lowest BCUT2D eigenvalue weighted by molar-refractivity contribution is 0.330. The van der Waals surface area contributed by atoms with Crippen LogP contribution in [-0.2, 0) is 0 Å². The van der Waals surface area contributed by atoms with Gasteiger partial charge >= 0.3 is 0 Å². The summed E-state index contributed by atoms with van der Waals surface area (Å²) in [5.74, 6) is -0.337. The van der Waals surface area contributed by atoms with Gasteiger partial charge < -0.3 is 10.6 Å². The molecule has 0 amide bonds. The predicted octanol–water partition coefficient (Wildman–Crippen LogP) is 7.54. The summed E-state index contributed by atoms with van der Waals surface area (Å²) in [5, 5.41) is 26.2. The van der Waals surface area contributed by atoms with Crippen LogP contribution in [0, 0.1) is 17.1 Å². The summed E-state index contributed by atoms with van der Waals surface area (Å²) >= 11 is 6.69. The van der Waals surface area contributed by atoms with Crippen molar-refractivity contribution in [1.82, 2.24) is 20.0 Å². The number of halogens is 3. The Kier molecular flexibility index (Phi) is 7.49. The van der Waals surface area contributed by atoms with Crippen molar-refractivity contribution in [3.8, 4) is 6.07 Å². The number of benzene rings is 3. The number of alkyl halides is 1. The fourth-order valence-electron chi connectivity index (χ4n) is 4.86. The number of fused-ring (bicyclic) bond motifs is 1. The average molecular weight is 570 g/mol. The molecule has 1 fully saturated rings. The van der Waals surface area contributed by atoms with E-state index in [1.165, 1.54) is 18.3 Å². The third kappa shape index (κ3) is 5.83. The first-order valence-corrected chi connectivity index (χ1v) is 13.8. The van der Waals surface area contributed by atoms with E-state index in [0.717, 1.165) is 18.4 Å². The number of nitrogens with zero attached hydrogens (tertiary/aromatic N) is 5. The Labute approximate surface area is 240 Å². The zero-order valence-corrected chi connectivity index (χ0v) is 22.7. The molecule has 0 spiro atoms. The van der Waals surface area contributed by atoms with Crippen LogP contribution in [0.15, 0.2) is 79.1 Å². The monoisotopic (exact) mass is 569 g/mol. The van der Waals surface area contributed by atoms with Crippen LogP contribution in [0.4, 0.5) is 20.2 Å². The maximum atomic E-state index is 14.8. The highest BCUT2D eigenvalue weighted by molar-refractivity contribution is 6.35. The van der Waals surface area contributed by atoms with E-state index in [-0.39, 0.29) is 12.2 Å². The molecular formula is C31H26ClF2N7. The van der Waals surface area contributed by atoms with Gasteiger partial charge in [0.05, 0.1) is 40.1 Å². The molecule has 0 radical (unpaired) electrons. The van der Waals surface area contributed by atoms with E-state index >= 15 is 0 Å². The van der Waals surface area contributed by atoms with Crippen molar-refractivity contribution < 1.29 is 8.78 Å². The van der Waals surface area contributed by atoms with Crippen molar-refractivity contribution in [2.75, 3.05) is 17.2 Å². The van der Waals surface area contributed by atoms with Gasteiger partial charge in [-0.3, -0.25) is 4.98 Å². The number of nitrogens with one attached hydrogen (secondary N) is 2. The Bertz CT molecular complexity index is 1710. The molecule has 3 aromatic carbocycles. The van der Waals surface area contributed by atoms with Crippen LogP contribution in [-0.4, -0.2) is 26.5 Å². The van der Waals surface area contributed by atoms with Crippen LogP contribution in [0.3, 0.4) is 0 Å². The fraction of sp³-hybridized carbons (Fsp3) is 0.226. The molecule has 1 saturated carbocycles. The minimum absolute atomic E-state index is 0.216. The van der Waals surface area contributed by atoms with Crippen molar-refractivity contribution in [1.29, 1.82) is 5.26 Å². The van der Waals surface area contributed by atoms with Gasteiger partial charge in [-0.15, -0.1) is 5.10 Å². The van der Waals surface area contributed by atoms with Crippen molar-refractivity contribution in [2.45, 2.75) is 37.5 Å². The van der Waals surface area contributed by atoms with E-state index in [1.54, 1.807) is 30.3 Å². The van der Waals surface area contributed by atoms with Crippen molar-refractivity contribution in [3.63, 3.8) is 0 Å². The highest BCUT2D eigenvalue weighted by Crippen LogP contribution is 2.37. The minimum atomic E-state index is -1.15. The first-order chi connectivity index (χ1) is 20.0. The first kappa shape index (κ1) is 26.7. The standard InChI is InChI=1S/C31H26ClF2N7/c32-26-15-23(38-30(20-6-8-22(33)9-7-20)28-18-41(40-39-28)24-10-11-24)14-25-29(21(16-35)17-37-31(25)26)36-13-12-27(34)19-4-2-1-3-5-19/h1-9,14-15,17-18,24,27,30,38H,10-13H2,(H,36,37)/t27-,30+/m1/s1. The van der Waals surface area contributed by atoms with Gasteiger partial charge in [-0.05, 0) is 48.2 Å². The highest BCUT2D eigenvalue weighted by Gasteiger charge is 2.27. The van der Waals surface area contributed by atoms with E-state index in [2.05, 4.69) is 32.0 Å². The molecule has 41 heavy (non-hydrogen) atoms. The summed E-state index contributed by atoms with van der Waals surface area (Å²) in [6.45, 7) is 0.293. The van der Waals surface area contributed by atoms with Crippen molar-refractivity contribution in [2.24, 2.45) is 0 Å². The van der Waals surface area contributed by atoms with Crippen LogP contribution in [0.2, 0.25) is 5.02 Å². The van der Waals surface area contributed by atoms with Crippen LogP contribution >= 0.6 is 11.6 Å². The molecule has 2 atom stereocenters. The second-order valence-corrected chi connectivity index (χ2v) is 10.5. The Morgan fingerprint density at radius 2 is 1.85 bits per heavy atom. The molecule has 10 heteroatoms. The molecule has 2 aromatic heterocycles. The van der Waals surface area contributed by atoms with E-state index in [0.29, 0.717) is 56.7 Å². The molecule has 2 heterocycles. The third-order valence-electron chi connectivity index (χ3n) is 7.17.